The van der Waals surface area contributed by atoms with Crippen LogP contribution in [0.25, 0.3) is 0 Å². The fourth-order valence-corrected chi connectivity index (χ4v) is 5.31. The van der Waals surface area contributed by atoms with E-state index in [1.165, 1.54) is 21.7 Å². The number of allylic oxidation sites excluding steroid dienone is 1. The van der Waals surface area contributed by atoms with Gasteiger partial charge in [-0.25, -0.2) is 0 Å². The van der Waals surface area contributed by atoms with Crippen LogP contribution in [0.2, 0.25) is 30.3 Å². The van der Waals surface area contributed by atoms with Crippen LogP contribution < -0.4 is 0 Å². The fraction of sp³-hybridized carbons (Fsp3) is 0.750. The first-order valence-corrected chi connectivity index (χ1v) is 10.3. The number of hydrogen-bond acceptors (Lipinski definition) is 0. The fourth-order valence-electron chi connectivity index (χ4n) is 1.17. The van der Waals surface area contributed by atoms with Crippen LogP contribution in [-0.2, 0) is 0 Å². The van der Waals surface area contributed by atoms with Gasteiger partial charge < -0.3 is 0 Å². The van der Waals surface area contributed by atoms with Crippen LogP contribution in [0, 0.1) is 0 Å². The van der Waals surface area contributed by atoms with Gasteiger partial charge in [0.25, 0.3) is 0 Å². The summed E-state index contributed by atoms with van der Waals surface area (Å²) in [5, 5.41) is 2.75. The van der Waals surface area contributed by atoms with Crippen molar-refractivity contribution in [3.05, 3.63) is 10.2 Å². The minimum absolute atomic E-state index is 0.870. The summed E-state index contributed by atoms with van der Waals surface area (Å²) in [6, 6.07) is 0. The minimum atomic E-state index is -1.17. The molecule has 0 atom stereocenters. The van der Waals surface area contributed by atoms with Crippen molar-refractivity contribution in [3.63, 3.8) is 0 Å². The molecule has 1 aliphatic rings. The standard InChI is InChI=1S/C8H15ClSeSi/c1-11(2,3)8(9)7-4-5-10-6-7/h4-6H2,1-3H3/b8-7+. The second kappa shape index (κ2) is 3.65. The molecule has 0 aromatic heterocycles. The van der Waals surface area contributed by atoms with Crippen LogP contribution in [-0.4, -0.2) is 23.0 Å². The van der Waals surface area contributed by atoms with E-state index in [9.17, 15) is 0 Å². The van der Waals surface area contributed by atoms with Crippen molar-refractivity contribution >= 4 is 34.6 Å². The molecule has 0 amide bonds. The first-order chi connectivity index (χ1) is 5.02. The Bertz CT molecular complexity index is 173. The molecule has 1 fully saturated rings. The summed E-state index contributed by atoms with van der Waals surface area (Å²) in [6.07, 6.45) is 1.29. The van der Waals surface area contributed by atoms with E-state index < -0.39 is 8.07 Å². The quantitative estimate of drug-likeness (QED) is 0.629. The van der Waals surface area contributed by atoms with Crippen molar-refractivity contribution in [2.75, 3.05) is 0 Å². The van der Waals surface area contributed by atoms with Gasteiger partial charge in [-0.3, -0.25) is 0 Å². The van der Waals surface area contributed by atoms with E-state index in [1.54, 1.807) is 5.57 Å². The molecular formula is C8H15ClSeSi. The van der Waals surface area contributed by atoms with Crippen molar-refractivity contribution in [2.45, 2.75) is 36.7 Å². The molecular weight excluding hydrogens is 239 g/mol. The average Bonchev–Trinajstić information content (AvgIpc) is 2.34. The summed E-state index contributed by atoms with van der Waals surface area (Å²) in [5.74, 6) is 0. The maximum atomic E-state index is 6.31. The Morgan fingerprint density at radius 3 is 2.45 bits per heavy atom. The number of rotatable bonds is 1. The molecule has 0 N–H and O–H groups in total. The third kappa shape index (κ3) is 2.62. The molecule has 0 nitrogen and oxygen atoms in total. The molecule has 0 bridgehead atoms. The second-order valence-corrected chi connectivity index (χ2v) is 12.0. The zero-order valence-corrected chi connectivity index (χ0v) is 10.9. The third-order valence-corrected chi connectivity index (χ3v) is 7.63. The van der Waals surface area contributed by atoms with E-state index in [4.69, 9.17) is 11.6 Å². The average molecular weight is 254 g/mol. The monoisotopic (exact) mass is 254 g/mol. The van der Waals surface area contributed by atoms with Gasteiger partial charge in [-0.05, 0) is 0 Å². The second-order valence-electron chi connectivity index (χ2n) is 3.97. The summed E-state index contributed by atoms with van der Waals surface area (Å²) in [7, 11) is -1.17. The van der Waals surface area contributed by atoms with E-state index >= 15 is 0 Å². The van der Waals surface area contributed by atoms with Gasteiger partial charge >= 0.3 is 81.6 Å². The van der Waals surface area contributed by atoms with Crippen LogP contribution >= 0.6 is 11.6 Å². The molecule has 1 rings (SSSR count). The molecule has 0 radical (unpaired) electrons. The first kappa shape index (κ1) is 9.85. The van der Waals surface area contributed by atoms with Gasteiger partial charge in [0, 0.05) is 0 Å². The Labute approximate surface area is 81.6 Å². The summed E-state index contributed by atoms with van der Waals surface area (Å²) in [6.45, 7) is 6.98. The summed E-state index contributed by atoms with van der Waals surface area (Å²) in [4.78, 5) is 0. The number of halogens is 1. The van der Waals surface area contributed by atoms with Gasteiger partial charge in [0.15, 0.2) is 0 Å². The molecule has 0 aromatic rings. The van der Waals surface area contributed by atoms with Crippen molar-refractivity contribution in [3.8, 4) is 0 Å². The SMILES string of the molecule is C[Si](C)(C)/C(Cl)=C1\CC[Se]C1. The van der Waals surface area contributed by atoms with E-state index in [2.05, 4.69) is 19.6 Å². The van der Waals surface area contributed by atoms with Crippen LogP contribution in [0.4, 0.5) is 0 Å². The predicted octanol–water partition coefficient (Wildman–Crippen LogP) is 3.30. The molecule has 1 saturated heterocycles. The Hall–Kier alpha value is 0.766. The molecule has 0 unspecified atom stereocenters. The van der Waals surface area contributed by atoms with E-state index in [0.717, 1.165) is 15.0 Å². The molecule has 1 aliphatic heterocycles. The normalized spacial score (nSPS) is 24.0. The van der Waals surface area contributed by atoms with E-state index in [1.807, 2.05) is 0 Å². The molecule has 0 aliphatic carbocycles. The molecule has 0 aromatic carbocycles. The van der Waals surface area contributed by atoms with Crippen molar-refractivity contribution in [1.82, 2.24) is 0 Å². The predicted molar refractivity (Wildman–Crippen MR) is 56.2 cm³/mol. The topological polar surface area (TPSA) is 0 Å². The first-order valence-electron chi connectivity index (χ1n) is 3.97. The van der Waals surface area contributed by atoms with E-state index in [0.29, 0.717) is 0 Å². The Morgan fingerprint density at radius 2 is 2.09 bits per heavy atom. The summed E-state index contributed by atoms with van der Waals surface area (Å²) in [5.41, 5.74) is 1.59. The van der Waals surface area contributed by atoms with Gasteiger partial charge in [-0.15, -0.1) is 0 Å². The van der Waals surface area contributed by atoms with Crippen molar-refractivity contribution < 1.29 is 0 Å². The van der Waals surface area contributed by atoms with Gasteiger partial charge in [0.1, 0.15) is 0 Å². The molecule has 11 heavy (non-hydrogen) atoms. The molecule has 0 saturated carbocycles. The Morgan fingerprint density at radius 1 is 1.45 bits per heavy atom. The van der Waals surface area contributed by atoms with Crippen LogP contribution in [0.3, 0.4) is 0 Å². The van der Waals surface area contributed by atoms with Crippen LogP contribution in [0.1, 0.15) is 6.42 Å². The summed E-state index contributed by atoms with van der Waals surface area (Å²) < 4.78 is 1.26. The maximum absolute atomic E-state index is 6.31. The van der Waals surface area contributed by atoms with Gasteiger partial charge in [0.05, 0.1) is 0 Å². The third-order valence-electron chi connectivity index (χ3n) is 1.79. The van der Waals surface area contributed by atoms with Gasteiger partial charge in [-0.1, -0.05) is 0 Å². The number of hydrogen-bond donors (Lipinski definition) is 0. The van der Waals surface area contributed by atoms with Crippen LogP contribution in [0.15, 0.2) is 10.2 Å². The van der Waals surface area contributed by atoms with Gasteiger partial charge in [0.2, 0.25) is 0 Å². The Balaban J connectivity index is 2.77. The molecule has 3 heteroatoms. The zero-order valence-electron chi connectivity index (χ0n) is 7.41. The zero-order chi connectivity index (χ0) is 8.48. The molecule has 1 heterocycles. The Kier molecular flexibility index (Phi) is 3.27. The van der Waals surface area contributed by atoms with E-state index in [-0.39, 0.29) is 0 Å². The van der Waals surface area contributed by atoms with Crippen molar-refractivity contribution in [1.29, 1.82) is 0 Å². The summed E-state index contributed by atoms with van der Waals surface area (Å²) >= 11 is 7.18. The van der Waals surface area contributed by atoms with Crippen molar-refractivity contribution in [2.24, 2.45) is 0 Å². The molecule has 0 spiro atoms. The van der Waals surface area contributed by atoms with Crippen LogP contribution in [0.5, 0.6) is 0 Å². The van der Waals surface area contributed by atoms with Gasteiger partial charge in [-0.2, -0.15) is 0 Å². The molecule has 64 valence electrons.